The molecule has 0 saturated carbocycles. The van der Waals surface area contributed by atoms with Crippen molar-refractivity contribution in [2.45, 2.75) is 38.5 Å². The maximum atomic E-state index is 12.1. The number of nitrogens with zero attached hydrogens (tertiary/aromatic N) is 1. The maximum Gasteiger partial charge on any atom is 0.415 e. The first-order chi connectivity index (χ1) is 6.89. The largest absolute Gasteiger partial charge is 0.415 e. The molecule has 1 aliphatic heterocycles. The topological polar surface area (TPSA) is 23.5 Å². The summed E-state index contributed by atoms with van der Waals surface area (Å²) in [6.07, 6.45) is -3.78. The van der Waals surface area contributed by atoms with E-state index in [2.05, 4.69) is 6.92 Å². The molecule has 2 atom stereocenters. The summed E-state index contributed by atoms with van der Waals surface area (Å²) < 4.78 is 36.3. The number of hydrogen-bond acceptors (Lipinski definition) is 2. The Morgan fingerprint density at radius 3 is 2.60 bits per heavy atom. The van der Waals surface area contributed by atoms with E-state index >= 15 is 0 Å². The number of likely N-dealkylation sites (tertiary alicyclic amines) is 1. The van der Waals surface area contributed by atoms with Crippen molar-refractivity contribution in [2.24, 2.45) is 5.92 Å². The first-order valence-electron chi connectivity index (χ1n) is 5.36. The predicted octanol–water partition coefficient (Wildman–Crippen LogP) is 2.03. The van der Waals surface area contributed by atoms with Crippen LogP contribution in [0.5, 0.6) is 0 Å². The number of β-amino-alcohol motifs (C(OH)–C–C–N with tert-alkyl or cyclic N) is 1. The first kappa shape index (κ1) is 12.8. The van der Waals surface area contributed by atoms with Gasteiger partial charge in [0, 0.05) is 6.54 Å². The van der Waals surface area contributed by atoms with Crippen LogP contribution in [-0.4, -0.2) is 41.9 Å². The molecule has 0 amide bonds. The van der Waals surface area contributed by atoms with E-state index in [1.165, 1.54) is 0 Å². The molecular weight excluding hydrogens is 207 g/mol. The van der Waals surface area contributed by atoms with Crippen molar-refractivity contribution in [3.05, 3.63) is 0 Å². The summed E-state index contributed by atoms with van der Waals surface area (Å²) in [7, 11) is 0. The molecule has 2 nitrogen and oxygen atoms in total. The maximum absolute atomic E-state index is 12.1. The van der Waals surface area contributed by atoms with E-state index in [0.29, 0.717) is 19.0 Å². The van der Waals surface area contributed by atoms with Gasteiger partial charge in [-0.15, -0.1) is 0 Å². The van der Waals surface area contributed by atoms with Gasteiger partial charge < -0.3 is 10.0 Å². The minimum atomic E-state index is -4.49. The lowest BCUT2D eigenvalue weighted by atomic mass is 10.0. The van der Waals surface area contributed by atoms with Gasteiger partial charge in [-0.05, 0) is 38.3 Å². The number of hydrogen-bond donors (Lipinski definition) is 1. The first-order valence-corrected chi connectivity index (χ1v) is 5.36. The smallest absolute Gasteiger partial charge is 0.382 e. The van der Waals surface area contributed by atoms with E-state index in [-0.39, 0.29) is 6.54 Å². The van der Waals surface area contributed by atoms with E-state index in [9.17, 15) is 13.2 Å². The van der Waals surface area contributed by atoms with Gasteiger partial charge in [-0.2, -0.15) is 13.2 Å². The minimum Gasteiger partial charge on any atom is -0.382 e. The molecule has 1 saturated heterocycles. The van der Waals surface area contributed by atoms with Crippen LogP contribution in [0.3, 0.4) is 0 Å². The Kier molecular flexibility index (Phi) is 4.40. The highest BCUT2D eigenvalue weighted by atomic mass is 19.4. The van der Waals surface area contributed by atoms with Crippen molar-refractivity contribution < 1.29 is 18.3 Å². The third-order valence-electron chi connectivity index (χ3n) is 2.92. The highest BCUT2D eigenvalue weighted by Crippen LogP contribution is 2.22. The molecular formula is C10H18F3NO. The average molecular weight is 225 g/mol. The molecule has 0 radical (unpaired) electrons. The molecule has 0 bridgehead atoms. The fraction of sp³-hybridized carbons (Fsp3) is 1.00. The van der Waals surface area contributed by atoms with Crippen molar-refractivity contribution in [1.29, 1.82) is 0 Å². The Bertz CT molecular complexity index is 196. The van der Waals surface area contributed by atoms with Gasteiger partial charge in [-0.3, -0.25) is 0 Å². The van der Waals surface area contributed by atoms with Crippen LogP contribution in [0.1, 0.15) is 26.2 Å². The molecule has 0 aromatic heterocycles. The van der Waals surface area contributed by atoms with Crippen LogP contribution in [0.15, 0.2) is 0 Å². The molecule has 1 rings (SSSR count). The lowest BCUT2D eigenvalue weighted by Crippen LogP contribution is -2.41. The summed E-state index contributed by atoms with van der Waals surface area (Å²) in [5, 5.41) is 8.93. The zero-order valence-electron chi connectivity index (χ0n) is 8.93. The lowest BCUT2D eigenvalue weighted by molar-refractivity contribution is -0.208. The second kappa shape index (κ2) is 5.16. The third-order valence-corrected chi connectivity index (χ3v) is 2.92. The van der Waals surface area contributed by atoms with Crippen LogP contribution in [0.25, 0.3) is 0 Å². The monoisotopic (exact) mass is 225 g/mol. The van der Waals surface area contributed by atoms with Crippen LogP contribution in [0.4, 0.5) is 13.2 Å². The molecule has 1 aliphatic rings. The molecule has 0 aliphatic carbocycles. The Balaban J connectivity index is 2.38. The van der Waals surface area contributed by atoms with Gasteiger partial charge >= 0.3 is 6.18 Å². The molecule has 0 spiro atoms. The second-order valence-electron chi connectivity index (χ2n) is 4.39. The van der Waals surface area contributed by atoms with Gasteiger partial charge in [0.2, 0.25) is 0 Å². The fourth-order valence-corrected chi connectivity index (χ4v) is 1.85. The van der Waals surface area contributed by atoms with E-state index in [1.807, 2.05) is 0 Å². The quantitative estimate of drug-likeness (QED) is 0.777. The Morgan fingerprint density at radius 2 is 2.00 bits per heavy atom. The Morgan fingerprint density at radius 1 is 1.33 bits per heavy atom. The summed E-state index contributed by atoms with van der Waals surface area (Å²) in [4.78, 5) is 1.71. The Hall–Kier alpha value is -0.290. The van der Waals surface area contributed by atoms with E-state index in [1.54, 1.807) is 4.90 Å². The molecule has 1 heterocycles. The van der Waals surface area contributed by atoms with E-state index in [0.717, 1.165) is 19.3 Å². The van der Waals surface area contributed by atoms with Crippen molar-refractivity contribution in [1.82, 2.24) is 4.90 Å². The van der Waals surface area contributed by atoms with E-state index in [4.69, 9.17) is 5.11 Å². The zero-order valence-corrected chi connectivity index (χ0v) is 8.93. The molecule has 90 valence electrons. The normalized spacial score (nSPS) is 27.4. The molecule has 0 aromatic rings. The highest BCUT2D eigenvalue weighted by molar-refractivity contribution is 4.74. The van der Waals surface area contributed by atoms with Gasteiger partial charge in [0.25, 0.3) is 0 Å². The number of alkyl halides is 3. The van der Waals surface area contributed by atoms with Crippen LogP contribution in [-0.2, 0) is 0 Å². The van der Waals surface area contributed by atoms with Crippen molar-refractivity contribution in [2.75, 3.05) is 19.6 Å². The summed E-state index contributed by atoms with van der Waals surface area (Å²) in [6.45, 7) is 3.16. The molecule has 2 unspecified atom stereocenters. The van der Waals surface area contributed by atoms with Gasteiger partial charge in [-0.25, -0.2) is 0 Å². The number of aliphatic hydroxyl groups is 1. The SMILES string of the molecule is CC1CCCN(CC(O)C(F)(F)F)CC1. The average Bonchev–Trinajstić information content (AvgIpc) is 2.29. The second-order valence-corrected chi connectivity index (χ2v) is 4.39. The summed E-state index contributed by atoms with van der Waals surface area (Å²) >= 11 is 0. The molecule has 5 heteroatoms. The summed E-state index contributed by atoms with van der Waals surface area (Å²) in [5.74, 6) is 0.582. The number of aliphatic hydroxyl groups excluding tert-OH is 1. The van der Waals surface area contributed by atoms with E-state index < -0.39 is 12.3 Å². The van der Waals surface area contributed by atoms with Gasteiger partial charge in [0.15, 0.2) is 6.10 Å². The summed E-state index contributed by atoms with van der Waals surface area (Å²) in [5.41, 5.74) is 0. The van der Waals surface area contributed by atoms with Crippen LogP contribution in [0, 0.1) is 5.92 Å². The van der Waals surface area contributed by atoms with Crippen LogP contribution >= 0.6 is 0 Å². The van der Waals surface area contributed by atoms with Crippen molar-refractivity contribution in [3.63, 3.8) is 0 Å². The van der Waals surface area contributed by atoms with Crippen molar-refractivity contribution >= 4 is 0 Å². The molecule has 1 N–H and O–H groups in total. The zero-order chi connectivity index (χ0) is 11.5. The molecule has 1 fully saturated rings. The van der Waals surface area contributed by atoms with Crippen molar-refractivity contribution in [3.8, 4) is 0 Å². The van der Waals surface area contributed by atoms with Crippen LogP contribution < -0.4 is 0 Å². The minimum absolute atomic E-state index is 0.282. The standard InChI is InChI=1S/C10H18F3NO/c1-8-3-2-5-14(6-4-8)7-9(15)10(11,12)13/h8-9,15H,2-7H2,1H3. The fourth-order valence-electron chi connectivity index (χ4n) is 1.85. The van der Waals surface area contributed by atoms with Gasteiger partial charge in [0.05, 0.1) is 0 Å². The third kappa shape index (κ3) is 4.38. The summed E-state index contributed by atoms with van der Waals surface area (Å²) in [6, 6.07) is 0. The van der Waals surface area contributed by atoms with Gasteiger partial charge in [0.1, 0.15) is 0 Å². The van der Waals surface area contributed by atoms with Crippen LogP contribution in [0.2, 0.25) is 0 Å². The Labute approximate surface area is 88.1 Å². The molecule has 0 aromatic carbocycles. The number of rotatable bonds is 2. The molecule has 15 heavy (non-hydrogen) atoms. The number of halogens is 3. The lowest BCUT2D eigenvalue weighted by Gasteiger charge is -2.24. The predicted molar refractivity (Wildman–Crippen MR) is 51.5 cm³/mol. The highest BCUT2D eigenvalue weighted by Gasteiger charge is 2.39. The van der Waals surface area contributed by atoms with Gasteiger partial charge in [-0.1, -0.05) is 6.92 Å².